The average molecular weight is 381 g/mol. The van der Waals surface area contributed by atoms with Crippen LogP contribution in [0.25, 0.3) is 0 Å². The van der Waals surface area contributed by atoms with Crippen LogP contribution in [0.1, 0.15) is 24.9 Å². The number of aliphatic carboxylic acids is 1. The van der Waals surface area contributed by atoms with E-state index < -0.39 is 23.8 Å². The van der Waals surface area contributed by atoms with E-state index in [4.69, 9.17) is 14.6 Å². The van der Waals surface area contributed by atoms with Crippen LogP contribution in [0.5, 0.6) is 11.5 Å². The minimum Gasteiger partial charge on any atom is -0.497 e. The van der Waals surface area contributed by atoms with E-state index in [-0.39, 0.29) is 25.4 Å². The zero-order valence-corrected chi connectivity index (χ0v) is 15.3. The number of carboxylic acid groups (broad SMARTS) is 1. The van der Waals surface area contributed by atoms with E-state index in [9.17, 15) is 19.2 Å². The van der Waals surface area contributed by atoms with Crippen LogP contribution in [0.2, 0.25) is 0 Å². The van der Waals surface area contributed by atoms with E-state index in [0.717, 1.165) is 0 Å². The molecule has 10 heteroatoms. The van der Waals surface area contributed by atoms with Gasteiger partial charge in [-0.25, -0.2) is 0 Å². The van der Waals surface area contributed by atoms with Crippen LogP contribution in [0.4, 0.5) is 0 Å². The summed E-state index contributed by atoms with van der Waals surface area (Å²) in [4.78, 5) is 45.6. The van der Waals surface area contributed by atoms with Gasteiger partial charge in [0, 0.05) is 18.6 Å². The van der Waals surface area contributed by atoms with Crippen molar-refractivity contribution in [2.45, 2.75) is 19.4 Å². The highest BCUT2D eigenvalue weighted by Crippen LogP contribution is 2.31. The zero-order valence-electron chi connectivity index (χ0n) is 15.3. The normalized spacial score (nSPS) is 11.1. The monoisotopic (exact) mass is 381 g/mol. The van der Waals surface area contributed by atoms with Gasteiger partial charge in [0.1, 0.15) is 11.5 Å². The van der Waals surface area contributed by atoms with Gasteiger partial charge < -0.3 is 30.5 Å². The number of hydrogen-bond acceptors (Lipinski definition) is 6. The molecule has 0 aliphatic heterocycles. The third-order valence-electron chi connectivity index (χ3n) is 3.47. The zero-order chi connectivity index (χ0) is 20.4. The van der Waals surface area contributed by atoms with Gasteiger partial charge in [-0.1, -0.05) is 0 Å². The van der Waals surface area contributed by atoms with Gasteiger partial charge in [0.15, 0.2) is 0 Å². The van der Waals surface area contributed by atoms with Crippen molar-refractivity contribution in [3.05, 3.63) is 23.8 Å². The van der Waals surface area contributed by atoms with Gasteiger partial charge in [-0.3, -0.25) is 19.2 Å². The molecule has 0 aromatic heterocycles. The highest BCUT2D eigenvalue weighted by atomic mass is 16.5. The molecule has 1 unspecified atom stereocenters. The standard InChI is InChI=1S/C17H23N3O7/c1-10(21)18-8-15(22)19-9-16(23)20-13(7-17(24)25)12-5-4-11(26-2)6-14(12)27-3/h4-6,13H,7-9H2,1-3H3,(H,18,21)(H,19,22)(H,20,23)(H,24,25). The second-order valence-corrected chi connectivity index (χ2v) is 5.51. The molecule has 3 amide bonds. The Bertz CT molecular complexity index is 706. The number of benzene rings is 1. The number of methoxy groups -OCH3 is 2. The summed E-state index contributed by atoms with van der Waals surface area (Å²) < 4.78 is 10.3. The van der Waals surface area contributed by atoms with Gasteiger partial charge in [0.25, 0.3) is 0 Å². The summed E-state index contributed by atoms with van der Waals surface area (Å²) >= 11 is 0. The van der Waals surface area contributed by atoms with Crippen LogP contribution < -0.4 is 25.4 Å². The predicted molar refractivity (Wildman–Crippen MR) is 94.4 cm³/mol. The number of ether oxygens (including phenoxy) is 2. The van der Waals surface area contributed by atoms with Crippen LogP contribution in [-0.2, 0) is 19.2 Å². The summed E-state index contributed by atoms with van der Waals surface area (Å²) in [6, 6.07) is 3.92. The van der Waals surface area contributed by atoms with E-state index >= 15 is 0 Å². The lowest BCUT2D eigenvalue weighted by Gasteiger charge is -2.20. The number of nitrogens with one attached hydrogen (secondary N) is 3. The van der Waals surface area contributed by atoms with E-state index in [1.165, 1.54) is 21.1 Å². The average Bonchev–Trinajstić information content (AvgIpc) is 2.63. The molecule has 0 bridgehead atoms. The summed E-state index contributed by atoms with van der Waals surface area (Å²) in [5.41, 5.74) is 0.457. The third-order valence-corrected chi connectivity index (χ3v) is 3.47. The molecule has 1 aromatic rings. The molecular formula is C17H23N3O7. The first-order chi connectivity index (χ1) is 12.8. The minimum atomic E-state index is -1.12. The highest BCUT2D eigenvalue weighted by molar-refractivity contribution is 5.88. The summed E-state index contributed by atoms with van der Waals surface area (Å²) in [6.45, 7) is 0.638. The molecule has 1 rings (SSSR count). The molecule has 10 nitrogen and oxygen atoms in total. The fraction of sp³-hybridized carbons (Fsp3) is 0.412. The molecule has 0 radical (unpaired) electrons. The SMILES string of the molecule is COc1ccc(C(CC(=O)O)NC(=O)CNC(=O)CNC(C)=O)c(OC)c1. The van der Waals surface area contributed by atoms with Crippen molar-refractivity contribution >= 4 is 23.7 Å². The Hall–Kier alpha value is -3.30. The Balaban J connectivity index is 2.80. The molecule has 27 heavy (non-hydrogen) atoms. The molecule has 0 heterocycles. The van der Waals surface area contributed by atoms with Gasteiger partial charge in [-0.05, 0) is 12.1 Å². The lowest BCUT2D eigenvalue weighted by atomic mass is 10.0. The Morgan fingerprint density at radius 2 is 1.70 bits per heavy atom. The van der Waals surface area contributed by atoms with Crippen molar-refractivity contribution in [1.29, 1.82) is 0 Å². The Morgan fingerprint density at radius 1 is 1.04 bits per heavy atom. The molecule has 0 saturated carbocycles. The molecule has 0 aliphatic rings. The quantitative estimate of drug-likeness (QED) is 0.431. The van der Waals surface area contributed by atoms with E-state index in [0.29, 0.717) is 17.1 Å². The molecule has 0 spiro atoms. The smallest absolute Gasteiger partial charge is 0.305 e. The van der Waals surface area contributed by atoms with Crippen molar-refractivity contribution in [1.82, 2.24) is 16.0 Å². The van der Waals surface area contributed by atoms with Crippen molar-refractivity contribution in [3.63, 3.8) is 0 Å². The summed E-state index contributed by atoms with van der Waals surface area (Å²) in [5, 5.41) is 16.3. The van der Waals surface area contributed by atoms with Crippen molar-refractivity contribution in [2.75, 3.05) is 27.3 Å². The Kier molecular flexibility index (Phi) is 8.57. The van der Waals surface area contributed by atoms with Gasteiger partial charge in [-0.15, -0.1) is 0 Å². The number of carbonyl (C=O) groups is 4. The number of rotatable bonds is 10. The van der Waals surface area contributed by atoms with Crippen molar-refractivity contribution < 1.29 is 33.8 Å². The molecule has 1 atom stereocenters. The number of carbonyl (C=O) groups excluding carboxylic acids is 3. The first-order valence-electron chi connectivity index (χ1n) is 8.01. The van der Waals surface area contributed by atoms with Gasteiger partial charge in [0.05, 0.1) is 39.8 Å². The van der Waals surface area contributed by atoms with Gasteiger partial charge >= 0.3 is 5.97 Å². The second kappa shape index (κ2) is 10.6. The predicted octanol–water partition coefficient (Wildman–Crippen LogP) is -0.412. The van der Waals surface area contributed by atoms with Gasteiger partial charge in [-0.2, -0.15) is 0 Å². The highest BCUT2D eigenvalue weighted by Gasteiger charge is 2.22. The molecule has 1 aromatic carbocycles. The second-order valence-electron chi connectivity index (χ2n) is 5.51. The first-order valence-corrected chi connectivity index (χ1v) is 8.01. The van der Waals surface area contributed by atoms with Crippen LogP contribution in [0.15, 0.2) is 18.2 Å². The van der Waals surface area contributed by atoms with Crippen molar-refractivity contribution in [3.8, 4) is 11.5 Å². The van der Waals surface area contributed by atoms with Crippen LogP contribution >= 0.6 is 0 Å². The van der Waals surface area contributed by atoms with Crippen molar-refractivity contribution in [2.24, 2.45) is 0 Å². The first kappa shape index (κ1) is 21.7. The largest absolute Gasteiger partial charge is 0.497 e. The molecule has 4 N–H and O–H groups in total. The third kappa shape index (κ3) is 7.63. The molecular weight excluding hydrogens is 358 g/mol. The maximum atomic E-state index is 12.1. The fourth-order valence-electron chi connectivity index (χ4n) is 2.21. The summed E-state index contributed by atoms with van der Waals surface area (Å²) in [5.74, 6) is -1.75. The van der Waals surface area contributed by atoms with Crippen LogP contribution in [0, 0.1) is 0 Å². The lowest BCUT2D eigenvalue weighted by molar-refractivity contribution is -0.138. The maximum absolute atomic E-state index is 12.1. The molecule has 0 aliphatic carbocycles. The summed E-state index contributed by atoms with van der Waals surface area (Å²) in [6.07, 6.45) is -0.381. The van der Waals surface area contributed by atoms with Crippen LogP contribution in [-0.4, -0.2) is 56.1 Å². The maximum Gasteiger partial charge on any atom is 0.305 e. The molecule has 0 fully saturated rings. The minimum absolute atomic E-state index is 0.256. The Labute approximate surface area is 156 Å². The van der Waals surface area contributed by atoms with Gasteiger partial charge in [0.2, 0.25) is 17.7 Å². The molecule has 148 valence electrons. The van der Waals surface area contributed by atoms with E-state index in [1.807, 2.05) is 0 Å². The number of hydrogen-bond donors (Lipinski definition) is 4. The fourth-order valence-corrected chi connectivity index (χ4v) is 2.21. The molecule has 0 saturated heterocycles. The van der Waals surface area contributed by atoms with E-state index in [2.05, 4.69) is 16.0 Å². The topological polar surface area (TPSA) is 143 Å². The lowest BCUT2D eigenvalue weighted by Crippen LogP contribution is -2.42. The Morgan fingerprint density at radius 3 is 2.26 bits per heavy atom. The summed E-state index contributed by atoms with van der Waals surface area (Å²) in [7, 11) is 2.90. The van der Waals surface area contributed by atoms with E-state index in [1.54, 1.807) is 18.2 Å². The van der Waals surface area contributed by atoms with Crippen LogP contribution in [0.3, 0.4) is 0 Å². The number of carboxylic acids is 1. The number of amides is 3.